The number of hydrogen-bond donors (Lipinski definition) is 0. The van der Waals surface area contributed by atoms with Crippen molar-refractivity contribution < 1.29 is 4.79 Å². The number of carbonyl (C=O) groups excluding carboxylic acids is 1. The van der Waals surface area contributed by atoms with E-state index >= 15 is 0 Å². The Balaban J connectivity index is 0. The van der Waals surface area contributed by atoms with E-state index in [2.05, 4.69) is 0 Å². The summed E-state index contributed by atoms with van der Waals surface area (Å²) in [5, 5.41) is 0. The molecule has 0 spiro atoms. The van der Waals surface area contributed by atoms with Crippen LogP contribution in [0.1, 0.15) is 27.2 Å². The van der Waals surface area contributed by atoms with Crippen LogP contribution in [0.3, 0.4) is 0 Å². The molecule has 0 heterocycles. The summed E-state index contributed by atoms with van der Waals surface area (Å²) in [5.74, 6) is 0.813. The Kier molecular flexibility index (Phi) is 8.31. The van der Waals surface area contributed by atoms with Crippen LogP contribution < -0.4 is 0 Å². The van der Waals surface area contributed by atoms with Crippen molar-refractivity contribution in [3.8, 4) is 0 Å². The maximum atomic E-state index is 10.3. The zero-order chi connectivity index (χ0) is 5.86. The van der Waals surface area contributed by atoms with Crippen LogP contribution in [-0.2, 0) is 4.79 Å². The molecule has 0 N–H and O–H groups in total. The van der Waals surface area contributed by atoms with Gasteiger partial charge in [0.05, 0.1) is 0 Å². The van der Waals surface area contributed by atoms with Crippen LogP contribution >= 0.6 is 0 Å². The standard InChI is InChI=1S/C6H12O.Na.H/c1-5(2)4-6(3)7;;/h5H,4H2,1-3H3;;. The summed E-state index contributed by atoms with van der Waals surface area (Å²) in [5.41, 5.74) is 0. The predicted molar refractivity (Wildman–Crippen MR) is 37.3 cm³/mol. The summed E-state index contributed by atoms with van der Waals surface area (Å²) in [6.07, 6.45) is 0.722. The number of Topliss-reactive ketones (excluding diaryl/α,β-unsaturated/α-hetero) is 1. The summed E-state index contributed by atoms with van der Waals surface area (Å²) >= 11 is 0. The molecule has 0 unspecified atom stereocenters. The Morgan fingerprint density at radius 1 is 1.50 bits per heavy atom. The van der Waals surface area contributed by atoms with E-state index in [4.69, 9.17) is 0 Å². The van der Waals surface area contributed by atoms with Crippen molar-refractivity contribution in [2.75, 3.05) is 0 Å². The topological polar surface area (TPSA) is 17.1 Å². The maximum absolute atomic E-state index is 10.3. The van der Waals surface area contributed by atoms with Gasteiger partial charge in [-0.2, -0.15) is 0 Å². The van der Waals surface area contributed by atoms with Gasteiger partial charge < -0.3 is 4.79 Å². The van der Waals surface area contributed by atoms with Gasteiger partial charge in [0.1, 0.15) is 5.78 Å². The van der Waals surface area contributed by atoms with Crippen LogP contribution in [0.4, 0.5) is 0 Å². The third-order valence-electron chi connectivity index (χ3n) is 0.696. The Bertz CT molecular complexity index is 68.9. The molecule has 8 heavy (non-hydrogen) atoms. The molecular weight excluding hydrogens is 111 g/mol. The molecule has 0 aliphatic heterocycles. The molecule has 44 valence electrons. The van der Waals surface area contributed by atoms with E-state index in [1.54, 1.807) is 6.92 Å². The molecule has 0 aliphatic carbocycles. The molecular formula is C6H13NaO. The Labute approximate surface area is 73.1 Å². The number of ketones is 1. The minimum absolute atomic E-state index is 0. The van der Waals surface area contributed by atoms with Gasteiger partial charge in [0.2, 0.25) is 0 Å². The molecule has 0 rings (SSSR count). The van der Waals surface area contributed by atoms with Gasteiger partial charge in [-0.05, 0) is 12.8 Å². The van der Waals surface area contributed by atoms with Gasteiger partial charge in [-0.25, -0.2) is 0 Å². The molecule has 0 atom stereocenters. The van der Waals surface area contributed by atoms with E-state index in [1.807, 2.05) is 13.8 Å². The predicted octanol–water partition coefficient (Wildman–Crippen LogP) is 0.973. The third kappa shape index (κ3) is 9.83. The average molecular weight is 124 g/mol. The fourth-order valence-corrected chi connectivity index (χ4v) is 0.575. The van der Waals surface area contributed by atoms with Crippen LogP contribution in [-0.4, -0.2) is 35.3 Å². The average Bonchev–Trinajstić information content (AvgIpc) is 1.27. The van der Waals surface area contributed by atoms with Crippen molar-refractivity contribution in [2.45, 2.75) is 27.2 Å². The second-order valence-corrected chi connectivity index (χ2v) is 2.30. The summed E-state index contributed by atoms with van der Waals surface area (Å²) < 4.78 is 0. The van der Waals surface area contributed by atoms with Crippen molar-refractivity contribution in [3.63, 3.8) is 0 Å². The minimum atomic E-state index is 0. The molecule has 0 radical (unpaired) electrons. The van der Waals surface area contributed by atoms with E-state index in [1.165, 1.54) is 0 Å². The summed E-state index contributed by atoms with van der Waals surface area (Å²) in [6, 6.07) is 0. The SMILES string of the molecule is CC(=O)CC(C)C.[NaH]. The van der Waals surface area contributed by atoms with E-state index in [0.29, 0.717) is 5.92 Å². The monoisotopic (exact) mass is 124 g/mol. The fraction of sp³-hybridized carbons (Fsp3) is 0.833. The Morgan fingerprint density at radius 2 is 1.88 bits per heavy atom. The number of hydrogen-bond acceptors (Lipinski definition) is 1. The second-order valence-electron chi connectivity index (χ2n) is 2.30. The van der Waals surface area contributed by atoms with Gasteiger partial charge in [-0.3, -0.25) is 0 Å². The van der Waals surface area contributed by atoms with E-state index < -0.39 is 0 Å². The first kappa shape index (κ1) is 11.5. The summed E-state index contributed by atoms with van der Waals surface area (Å²) in [4.78, 5) is 10.3. The third-order valence-corrected chi connectivity index (χ3v) is 0.696. The zero-order valence-corrected chi connectivity index (χ0v) is 5.19. The molecule has 0 aliphatic rings. The quantitative estimate of drug-likeness (QED) is 0.501. The molecule has 0 saturated carbocycles. The molecule has 0 aromatic heterocycles. The van der Waals surface area contributed by atoms with Crippen LogP contribution in [0.15, 0.2) is 0 Å². The van der Waals surface area contributed by atoms with Gasteiger partial charge in [0.25, 0.3) is 0 Å². The molecule has 0 saturated heterocycles. The first-order chi connectivity index (χ1) is 3.13. The molecule has 0 bridgehead atoms. The molecule has 0 aromatic carbocycles. The molecule has 0 aromatic rings. The molecule has 0 amide bonds. The Hall–Kier alpha value is 0.670. The van der Waals surface area contributed by atoms with Crippen molar-refractivity contribution in [3.05, 3.63) is 0 Å². The summed E-state index contributed by atoms with van der Waals surface area (Å²) in [7, 11) is 0. The summed E-state index contributed by atoms with van der Waals surface area (Å²) in [6.45, 7) is 5.71. The van der Waals surface area contributed by atoms with Crippen molar-refractivity contribution in [2.24, 2.45) is 5.92 Å². The second kappa shape index (κ2) is 5.80. The van der Waals surface area contributed by atoms with E-state index in [-0.39, 0.29) is 35.3 Å². The van der Waals surface area contributed by atoms with Crippen LogP contribution in [0.5, 0.6) is 0 Å². The van der Waals surface area contributed by atoms with Crippen LogP contribution in [0.2, 0.25) is 0 Å². The molecule has 1 nitrogen and oxygen atoms in total. The first-order valence-corrected chi connectivity index (χ1v) is 2.62. The van der Waals surface area contributed by atoms with E-state index in [9.17, 15) is 4.79 Å². The molecule has 2 heteroatoms. The van der Waals surface area contributed by atoms with Crippen molar-refractivity contribution >= 4 is 35.3 Å². The first-order valence-electron chi connectivity index (χ1n) is 2.62. The number of carbonyl (C=O) groups is 1. The van der Waals surface area contributed by atoms with Crippen molar-refractivity contribution in [1.82, 2.24) is 0 Å². The van der Waals surface area contributed by atoms with Crippen LogP contribution in [0.25, 0.3) is 0 Å². The van der Waals surface area contributed by atoms with Crippen LogP contribution in [0, 0.1) is 5.92 Å². The van der Waals surface area contributed by atoms with Gasteiger partial charge in [0, 0.05) is 6.42 Å². The van der Waals surface area contributed by atoms with Gasteiger partial charge >= 0.3 is 29.6 Å². The molecule has 0 fully saturated rings. The normalized spacial score (nSPS) is 8.50. The van der Waals surface area contributed by atoms with Gasteiger partial charge in [-0.1, -0.05) is 13.8 Å². The van der Waals surface area contributed by atoms with Crippen molar-refractivity contribution in [1.29, 1.82) is 0 Å². The van der Waals surface area contributed by atoms with E-state index in [0.717, 1.165) is 6.42 Å². The fourth-order valence-electron chi connectivity index (χ4n) is 0.575. The number of rotatable bonds is 2. The van der Waals surface area contributed by atoms with Gasteiger partial charge in [-0.15, -0.1) is 0 Å². The Morgan fingerprint density at radius 3 is 1.88 bits per heavy atom. The zero-order valence-electron chi connectivity index (χ0n) is 5.19. The van der Waals surface area contributed by atoms with Gasteiger partial charge in [0.15, 0.2) is 0 Å².